The number of anilines is 1. The number of hydrogen-bond acceptors (Lipinski definition) is 2. The maximum Gasteiger partial charge on any atom is 0.244 e. The molecule has 0 bridgehead atoms. The fourth-order valence-corrected chi connectivity index (χ4v) is 2.11. The molecule has 98 valence electrons. The first-order valence-corrected chi connectivity index (χ1v) is 5.68. The van der Waals surface area contributed by atoms with Gasteiger partial charge in [0.1, 0.15) is 0 Å². The Morgan fingerprint density at radius 3 is 2.67 bits per heavy atom. The van der Waals surface area contributed by atoms with Crippen molar-refractivity contribution in [2.45, 2.75) is 18.9 Å². The van der Waals surface area contributed by atoms with Crippen LogP contribution in [0.25, 0.3) is 0 Å². The first-order valence-electron chi connectivity index (χ1n) is 5.68. The summed E-state index contributed by atoms with van der Waals surface area (Å²) in [6, 6.07) is 1.50. The third-order valence-electron chi connectivity index (χ3n) is 3.09. The molecule has 1 aromatic rings. The van der Waals surface area contributed by atoms with Crippen LogP contribution in [0.2, 0.25) is 0 Å². The Labute approximate surface area is 103 Å². The molecule has 1 saturated heterocycles. The third-order valence-corrected chi connectivity index (χ3v) is 3.09. The van der Waals surface area contributed by atoms with E-state index in [2.05, 4.69) is 5.32 Å². The van der Waals surface area contributed by atoms with Crippen LogP contribution in [0, 0.1) is 17.5 Å². The predicted octanol–water partition coefficient (Wildman–Crippen LogP) is 1.82. The highest BCUT2D eigenvalue weighted by Gasteiger charge is 2.31. The maximum absolute atomic E-state index is 13.6. The Morgan fingerprint density at radius 1 is 1.28 bits per heavy atom. The van der Waals surface area contributed by atoms with E-state index in [-0.39, 0.29) is 11.6 Å². The molecule has 1 aliphatic heterocycles. The van der Waals surface area contributed by atoms with Crippen LogP contribution in [0.1, 0.15) is 12.8 Å². The third kappa shape index (κ3) is 2.08. The summed E-state index contributed by atoms with van der Waals surface area (Å²) in [4.78, 5) is 13.1. The van der Waals surface area contributed by atoms with Crippen molar-refractivity contribution in [3.8, 4) is 0 Å². The van der Waals surface area contributed by atoms with Crippen molar-refractivity contribution in [3.05, 3.63) is 29.6 Å². The molecule has 1 N–H and O–H groups in total. The van der Waals surface area contributed by atoms with Gasteiger partial charge in [-0.05, 0) is 32.0 Å². The molecule has 18 heavy (non-hydrogen) atoms. The van der Waals surface area contributed by atoms with Crippen LogP contribution in [0.15, 0.2) is 12.1 Å². The molecule has 0 saturated carbocycles. The van der Waals surface area contributed by atoms with E-state index in [4.69, 9.17) is 0 Å². The van der Waals surface area contributed by atoms with Crippen LogP contribution in [0.4, 0.5) is 18.9 Å². The fourth-order valence-electron chi connectivity index (χ4n) is 2.11. The summed E-state index contributed by atoms with van der Waals surface area (Å²) in [6.45, 7) is 0.305. The highest BCUT2D eigenvalue weighted by Crippen LogP contribution is 2.26. The Bertz CT molecular complexity index is 479. The van der Waals surface area contributed by atoms with E-state index in [1.807, 2.05) is 0 Å². The maximum atomic E-state index is 13.6. The van der Waals surface area contributed by atoms with E-state index in [0.717, 1.165) is 17.0 Å². The number of halogens is 3. The molecule has 0 aromatic heterocycles. The largest absolute Gasteiger partial charge is 0.309 e. The Hall–Kier alpha value is -1.56. The van der Waals surface area contributed by atoms with E-state index in [0.29, 0.717) is 19.4 Å². The normalized spacial score (nSPS) is 20.3. The number of piperidine rings is 1. The number of carbonyl (C=O) groups excluding carboxylic acids is 1. The summed E-state index contributed by atoms with van der Waals surface area (Å²) in [5, 5.41) is 2.82. The van der Waals surface area contributed by atoms with Crippen LogP contribution in [0.5, 0.6) is 0 Å². The number of nitrogens with zero attached hydrogens (tertiary/aromatic N) is 1. The molecule has 0 aliphatic carbocycles. The first-order chi connectivity index (χ1) is 8.56. The van der Waals surface area contributed by atoms with Crippen molar-refractivity contribution in [2.75, 3.05) is 18.5 Å². The van der Waals surface area contributed by atoms with E-state index < -0.39 is 23.5 Å². The minimum atomic E-state index is -1.55. The van der Waals surface area contributed by atoms with Gasteiger partial charge in [0.15, 0.2) is 17.5 Å². The van der Waals surface area contributed by atoms with Crippen molar-refractivity contribution >= 4 is 11.6 Å². The van der Waals surface area contributed by atoms with E-state index in [9.17, 15) is 18.0 Å². The number of amides is 1. The highest BCUT2D eigenvalue weighted by atomic mass is 19.2. The zero-order chi connectivity index (χ0) is 13.3. The Balaban J connectivity index is 2.37. The first kappa shape index (κ1) is 12.9. The Morgan fingerprint density at radius 2 is 2.00 bits per heavy atom. The molecular weight excluding hydrogens is 245 g/mol. The molecule has 1 amide bonds. The number of nitrogens with one attached hydrogen (secondary N) is 1. The predicted molar refractivity (Wildman–Crippen MR) is 60.8 cm³/mol. The van der Waals surface area contributed by atoms with Crippen molar-refractivity contribution in [3.63, 3.8) is 0 Å². The quantitative estimate of drug-likeness (QED) is 0.821. The number of likely N-dealkylation sites (N-methyl/N-ethyl adjacent to an activating group) is 1. The van der Waals surface area contributed by atoms with E-state index >= 15 is 0 Å². The number of rotatable bonds is 2. The van der Waals surface area contributed by atoms with Gasteiger partial charge in [0.05, 0.1) is 11.7 Å². The minimum Gasteiger partial charge on any atom is -0.309 e. The van der Waals surface area contributed by atoms with Crippen molar-refractivity contribution in [2.24, 2.45) is 0 Å². The zero-order valence-electron chi connectivity index (χ0n) is 9.84. The molecule has 1 fully saturated rings. The van der Waals surface area contributed by atoms with Gasteiger partial charge in [0.2, 0.25) is 5.91 Å². The van der Waals surface area contributed by atoms with Crippen LogP contribution in [-0.4, -0.2) is 25.5 Å². The smallest absolute Gasteiger partial charge is 0.244 e. The van der Waals surface area contributed by atoms with Gasteiger partial charge in [-0.1, -0.05) is 0 Å². The van der Waals surface area contributed by atoms with Gasteiger partial charge in [-0.2, -0.15) is 0 Å². The lowest BCUT2D eigenvalue weighted by Crippen LogP contribution is -2.50. The molecule has 2 rings (SSSR count). The summed E-state index contributed by atoms with van der Waals surface area (Å²) in [5.74, 6) is -4.45. The number of hydrogen-bond donors (Lipinski definition) is 1. The number of carbonyl (C=O) groups is 1. The summed E-state index contributed by atoms with van der Waals surface area (Å²) in [6.07, 6.45) is 1.33. The van der Waals surface area contributed by atoms with Gasteiger partial charge >= 0.3 is 0 Å². The molecule has 1 aromatic carbocycles. The topological polar surface area (TPSA) is 32.3 Å². The minimum absolute atomic E-state index is 0.209. The molecular formula is C12H13F3N2O. The summed E-state index contributed by atoms with van der Waals surface area (Å²) >= 11 is 0. The molecule has 3 nitrogen and oxygen atoms in total. The standard InChI is InChI=1S/C12H13F3N2O/c1-16-8-3-2-6-17(12(8)18)9-5-4-7(13)10(14)11(9)15/h4-5,8,16H,2-3,6H2,1H3. The lowest BCUT2D eigenvalue weighted by atomic mass is 10.0. The van der Waals surface area contributed by atoms with Crippen molar-refractivity contribution in [1.82, 2.24) is 5.32 Å². The van der Waals surface area contributed by atoms with E-state index in [1.54, 1.807) is 7.05 Å². The lowest BCUT2D eigenvalue weighted by molar-refractivity contribution is -0.121. The van der Waals surface area contributed by atoms with Gasteiger partial charge in [-0.3, -0.25) is 4.79 Å². The molecule has 1 aliphatic rings. The second-order valence-corrected chi connectivity index (χ2v) is 4.17. The van der Waals surface area contributed by atoms with Crippen LogP contribution in [-0.2, 0) is 4.79 Å². The van der Waals surface area contributed by atoms with Gasteiger partial charge in [-0.25, -0.2) is 13.2 Å². The van der Waals surface area contributed by atoms with Gasteiger partial charge in [0, 0.05) is 6.54 Å². The van der Waals surface area contributed by atoms with Crippen LogP contribution < -0.4 is 10.2 Å². The average molecular weight is 258 g/mol. The molecule has 6 heteroatoms. The molecule has 1 unspecified atom stereocenters. The number of benzene rings is 1. The van der Waals surface area contributed by atoms with Crippen LogP contribution in [0.3, 0.4) is 0 Å². The van der Waals surface area contributed by atoms with Crippen molar-refractivity contribution < 1.29 is 18.0 Å². The van der Waals surface area contributed by atoms with Crippen LogP contribution >= 0.6 is 0 Å². The SMILES string of the molecule is CNC1CCCN(c2ccc(F)c(F)c2F)C1=O. The molecule has 0 radical (unpaired) electrons. The monoisotopic (exact) mass is 258 g/mol. The van der Waals surface area contributed by atoms with Crippen molar-refractivity contribution in [1.29, 1.82) is 0 Å². The lowest BCUT2D eigenvalue weighted by Gasteiger charge is -2.32. The summed E-state index contributed by atoms with van der Waals surface area (Å²) in [7, 11) is 1.63. The van der Waals surface area contributed by atoms with Gasteiger partial charge in [0.25, 0.3) is 0 Å². The zero-order valence-corrected chi connectivity index (χ0v) is 9.84. The van der Waals surface area contributed by atoms with E-state index in [1.165, 1.54) is 0 Å². The molecule has 0 spiro atoms. The summed E-state index contributed by atoms with van der Waals surface area (Å²) in [5.41, 5.74) is -0.209. The average Bonchev–Trinajstić information content (AvgIpc) is 2.37. The second-order valence-electron chi connectivity index (χ2n) is 4.17. The van der Waals surface area contributed by atoms with Gasteiger partial charge in [-0.15, -0.1) is 0 Å². The fraction of sp³-hybridized carbons (Fsp3) is 0.417. The summed E-state index contributed by atoms with van der Waals surface area (Å²) < 4.78 is 39.6. The van der Waals surface area contributed by atoms with Gasteiger partial charge < -0.3 is 10.2 Å². The molecule has 1 atom stereocenters. The Kier molecular flexibility index (Phi) is 3.56. The second kappa shape index (κ2) is 4.97. The highest BCUT2D eigenvalue weighted by molar-refractivity contribution is 5.98. The molecule has 1 heterocycles.